The van der Waals surface area contributed by atoms with Gasteiger partial charge in [0.2, 0.25) is 0 Å². The summed E-state index contributed by atoms with van der Waals surface area (Å²) in [6.45, 7) is 4.71. The van der Waals surface area contributed by atoms with E-state index >= 15 is 0 Å². The van der Waals surface area contributed by atoms with Crippen LogP contribution in [0.3, 0.4) is 0 Å². The molecule has 1 aliphatic carbocycles. The Morgan fingerprint density at radius 1 is 1.10 bits per heavy atom. The molecule has 2 aromatic rings. The second kappa shape index (κ2) is 9.29. The van der Waals surface area contributed by atoms with Crippen LogP contribution in [0.1, 0.15) is 46.0 Å². The fourth-order valence-corrected chi connectivity index (χ4v) is 4.15. The third kappa shape index (κ3) is 4.71. The predicted octanol–water partition coefficient (Wildman–Crippen LogP) is 2.79. The van der Waals surface area contributed by atoms with Gasteiger partial charge in [0.25, 0.3) is 5.91 Å². The Balaban J connectivity index is 1.53. The van der Waals surface area contributed by atoms with Crippen molar-refractivity contribution >= 4 is 22.9 Å². The van der Waals surface area contributed by atoms with Gasteiger partial charge in [-0.25, -0.2) is 4.79 Å². The standard InChI is InChI=1S/C22H31N3O4/c1-4-24-18-7-5-6-8-19(18)25(22(24)28)14-13-21(27)29-15-20(26)23(3)17-11-9-16(2)10-12-17/h5-8,16-17H,4,9-15H2,1-3H3. The summed E-state index contributed by atoms with van der Waals surface area (Å²) in [5.41, 5.74) is 1.52. The quantitative estimate of drug-likeness (QED) is 0.669. The number of hydrogen-bond acceptors (Lipinski definition) is 4. The van der Waals surface area contributed by atoms with Gasteiger partial charge in [-0.1, -0.05) is 19.1 Å². The largest absolute Gasteiger partial charge is 0.456 e. The summed E-state index contributed by atoms with van der Waals surface area (Å²) in [5.74, 6) is 0.0801. The number of aromatic nitrogens is 2. The van der Waals surface area contributed by atoms with E-state index in [1.54, 1.807) is 21.1 Å². The fraction of sp³-hybridized carbons (Fsp3) is 0.591. The molecule has 29 heavy (non-hydrogen) atoms. The van der Waals surface area contributed by atoms with Crippen molar-refractivity contribution in [2.45, 2.75) is 65.1 Å². The second-order valence-electron chi connectivity index (χ2n) is 8.00. The number of amides is 1. The van der Waals surface area contributed by atoms with E-state index in [1.165, 1.54) is 0 Å². The Morgan fingerprint density at radius 3 is 2.34 bits per heavy atom. The lowest BCUT2D eigenvalue weighted by atomic mass is 9.87. The molecule has 0 saturated heterocycles. The average molecular weight is 402 g/mol. The van der Waals surface area contributed by atoms with E-state index in [1.807, 2.05) is 31.2 Å². The lowest BCUT2D eigenvalue weighted by Gasteiger charge is -2.33. The molecule has 7 nitrogen and oxygen atoms in total. The van der Waals surface area contributed by atoms with E-state index < -0.39 is 5.97 Å². The number of carbonyl (C=O) groups excluding carboxylic acids is 2. The Hall–Kier alpha value is -2.57. The number of benzene rings is 1. The highest BCUT2D eigenvalue weighted by Crippen LogP contribution is 2.26. The highest BCUT2D eigenvalue weighted by molar-refractivity contribution is 5.81. The highest BCUT2D eigenvalue weighted by atomic mass is 16.5. The number of aryl methyl sites for hydroxylation is 2. The first kappa shape index (κ1) is 21.1. The zero-order valence-corrected chi connectivity index (χ0v) is 17.6. The molecule has 1 amide bonds. The molecule has 1 heterocycles. The number of rotatable bonds is 7. The van der Waals surface area contributed by atoms with Crippen LogP contribution in [0.25, 0.3) is 11.0 Å². The van der Waals surface area contributed by atoms with E-state index in [0.29, 0.717) is 6.54 Å². The van der Waals surface area contributed by atoms with Crippen molar-refractivity contribution in [2.75, 3.05) is 13.7 Å². The molecule has 1 aromatic carbocycles. The summed E-state index contributed by atoms with van der Waals surface area (Å²) in [4.78, 5) is 38.9. The number of para-hydroxylation sites is 2. The van der Waals surface area contributed by atoms with Crippen LogP contribution in [0.5, 0.6) is 0 Å². The van der Waals surface area contributed by atoms with Gasteiger partial charge < -0.3 is 9.64 Å². The second-order valence-corrected chi connectivity index (χ2v) is 8.00. The summed E-state index contributed by atoms with van der Waals surface area (Å²) in [7, 11) is 1.79. The number of carbonyl (C=O) groups is 2. The fourth-order valence-electron chi connectivity index (χ4n) is 4.15. The Bertz CT molecular complexity index is 922. The van der Waals surface area contributed by atoms with Gasteiger partial charge in [0.15, 0.2) is 6.61 Å². The first-order chi connectivity index (χ1) is 13.9. The summed E-state index contributed by atoms with van der Waals surface area (Å²) in [5, 5.41) is 0. The van der Waals surface area contributed by atoms with Gasteiger partial charge in [0.1, 0.15) is 0 Å². The molecule has 0 N–H and O–H groups in total. The molecule has 0 unspecified atom stereocenters. The van der Waals surface area contributed by atoms with Crippen molar-refractivity contribution in [1.29, 1.82) is 0 Å². The molecule has 1 aromatic heterocycles. The minimum absolute atomic E-state index is 0.0512. The predicted molar refractivity (Wildman–Crippen MR) is 112 cm³/mol. The van der Waals surface area contributed by atoms with E-state index in [9.17, 15) is 14.4 Å². The molecule has 1 saturated carbocycles. The number of ether oxygens (including phenoxy) is 1. The van der Waals surface area contributed by atoms with Crippen molar-refractivity contribution in [2.24, 2.45) is 5.92 Å². The van der Waals surface area contributed by atoms with Crippen LogP contribution in [-0.4, -0.2) is 45.6 Å². The number of nitrogens with zero attached hydrogens (tertiary/aromatic N) is 3. The number of esters is 1. The molecule has 0 bridgehead atoms. The molecule has 0 aliphatic heterocycles. The zero-order chi connectivity index (χ0) is 21.0. The van der Waals surface area contributed by atoms with Crippen molar-refractivity contribution in [1.82, 2.24) is 14.0 Å². The van der Waals surface area contributed by atoms with E-state index in [-0.39, 0.29) is 37.2 Å². The maximum Gasteiger partial charge on any atom is 0.329 e. The number of imidazole rings is 1. The summed E-state index contributed by atoms with van der Waals surface area (Å²) >= 11 is 0. The van der Waals surface area contributed by atoms with Crippen LogP contribution in [0.4, 0.5) is 0 Å². The topological polar surface area (TPSA) is 73.5 Å². The number of hydrogen-bond donors (Lipinski definition) is 0. The molecule has 0 atom stereocenters. The smallest absolute Gasteiger partial charge is 0.329 e. The summed E-state index contributed by atoms with van der Waals surface area (Å²) < 4.78 is 8.47. The van der Waals surface area contributed by atoms with Gasteiger partial charge in [0.05, 0.1) is 17.5 Å². The maximum absolute atomic E-state index is 12.6. The molecule has 7 heteroatoms. The first-order valence-corrected chi connectivity index (χ1v) is 10.5. The summed E-state index contributed by atoms with van der Waals surface area (Å²) in [6, 6.07) is 7.77. The molecule has 1 fully saturated rings. The minimum Gasteiger partial charge on any atom is -0.456 e. The number of likely N-dealkylation sites (N-methyl/N-ethyl adjacent to an activating group) is 1. The Morgan fingerprint density at radius 2 is 1.72 bits per heavy atom. The SMILES string of the molecule is CCn1c(=O)n(CCC(=O)OCC(=O)N(C)C2CCC(C)CC2)c2ccccc21. The normalized spacial score (nSPS) is 19.3. The molecular weight excluding hydrogens is 370 g/mol. The van der Waals surface area contributed by atoms with Crippen molar-refractivity contribution < 1.29 is 14.3 Å². The summed E-state index contributed by atoms with van der Waals surface area (Å²) in [6.07, 6.45) is 4.31. The van der Waals surface area contributed by atoms with Crippen molar-refractivity contribution in [3.05, 3.63) is 34.7 Å². The van der Waals surface area contributed by atoms with Gasteiger partial charge in [-0.05, 0) is 50.7 Å². The molecule has 0 spiro atoms. The number of fused-ring (bicyclic) bond motifs is 1. The van der Waals surface area contributed by atoms with Crippen LogP contribution in [-0.2, 0) is 27.4 Å². The van der Waals surface area contributed by atoms with E-state index in [2.05, 4.69) is 6.92 Å². The zero-order valence-electron chi connectivity index (χ0n) is 17.6. The average Bonchev–Trinajstić information content (AvgIpc) is 3.01. The first-order valence-electron chi connectivity index (χ1n) is 10.5. The molecule has 3 rings (SSSR count). The van der Waals surface area contributed by atoms with Crippen LogP contribution >= 0.6 is 0 Å². The lowest BCUT2D eigenvalue weighted by Crippen LogP contribution is -2.41. The van der Waals surface area contributed by atoms with Crippen molar-refractivity contribution in [3.63, 3.8) is 0 Å². The molecular formula is C22H31N3O4. The van der Waals surface area contributed by atoms with Gasteiger partial charge in [-0.2, -0.15) is 0 Å². The third-order valence-electron chi connectivity index (χ3n) is 6.06. The monoisotopic (exact) mass is 401 g/mol. The lowest BCUT2D eigenvalue weighted by molar-refractivity contribution is -0.152. The Kier molecular flexibility index (Phi) is 6.77. The van der Waals surface area contributed by atoms with E-state index in [4.69, 9.17) is 4.74 Å². The van der Waals surface area contributed by atoms with Gasteiger partial charge >= 0.3 is 11.7 Å². The Labute approximate surface area is 171 Å². The van der Waals surface area contributed by atoms with Gasteiger partial charge in [-0.3, -0.25) is 18.7 Å². The van der Waals surface area contributed by atoms with Crippen LogP contribution in [0.15, 0.2) is 29.1 Å². The molecule has 158 valence electrons. The van der Waals surface area contributed by atoms with Gasteiger partial charge in [-0.15, -0.1) is 0 Å². The van der Waals surface area contributed by atoms with E-state index in [0.717, 1.165) is 42.6 Å². The maximum atomic E-state index is 12.6. The van der Waals surface area contributed by atoms with Crippen LogP contribution in [0.2, 0.25) is 0 Å². The van der Waals surface area contributed by atoms with Crippen molar-refractivity contribution in [3.8, 4) is 0 Å². The minimum atomic E-state index is -0.468. The van der Waals surface area contributed by atoms with Gasteiger partial charge in [0, 0.05) is 26.2 Å². The molecule has 0 radical (unpaired) electrons. The molecule has 1 aliphatic rings. The highest BCUT2D eigenvalue weighted by Gasteiger charge is 2.25. The van der Waals surface area contributed by atoms with Crippen LogP contribution < -0.4 is 5.69 Å². The van der Waals surface area contributed by atoms with Crippen LogP contribution in [0, 0.1) is 5.92 Å². The third-order valence-corrected chi connectivity index (χ3v) is 6.06.